The molecule has 1 rings (SSSR count). The van der Waals surface area contributed by atoms with Gasteiger partial charge in [0.2, 0.25) is 0 Å². The van der Waals surface area contributed by atoms with Crippen LogP contribution in [-0.2, 0) is 18.4 Å². The van der Waals surface area contributed by atoms with Crippen molar-refractivity contribution < 1.29 is 9.35 Å². The molecule has 20 heavy (non-hydrogen) atoms. The van der Waals surface area contributed by atoms with Gasteiger partial charge >= 0.3 is 0 Å². The first-order valence-electron chi connectivity index (χ1n) is 6.47. The van der Waals surface area contributed by atoms with Crippen LogP contribution in [0.5, 0.6) is 0 Å². The van der Waals surface area contributed by atoms with Gasteiger partial charge in [-0.05, 0) is 33.8 Å². The highest BCUT2D eigenvalue weighted by Gasteiger charge is 2.29. The van der Waals surface area contributed by atoms with E-state index in [1.807, 2.05) is 27.7 Å². The zero-order chi connectivity index (χ0) is 15.7. The van der Waals surface area contributed by atoms with E-state index in [4.69, 9.17) is 0 Å². The molecule has 0 bridgehead atoms. The Balaban J connectivity index is 2.89. The molecule has 0 aromatic carbocycles. The predicted octanol–water partition coefficient (Wildman–Crippen LogP) is 1.23. The lowest BCUT2D eigenvalue weighted by Crippen LogP contribution is -2.40. The van der Waals surface area contributed by atoms with Gasteiger partial charge in [0.25, 0.3) is 5.91 Å². The number of amides is 1. The molecule has 0 saturated carbocycles. The van der Waals surface area contributed by atoms with Crippen LogP contribution in [0.4, 0.5) is 0 Å². The lowest BCUT2D eigenvalue weighted by molar-refractivity contribution is 0.0821. The van der Waals surface area contributed by atoms with Crippen molar-refractivity contribution in [1.29, 1.82) is 0 Å². The second kappa shape index (κ2) is 6.15. The Labute approximate surface area is 123 Å². The second-order valence-electron chi connectivity index (χ2n) is 6.00. The molecule has 1 amide bonds. The first-order valence-corrected chi connectivity index (χ1v) is 7.62. The zero-order valence-electron chi connectivity index (χ0n) is 13.2. The quantitative estimate of drug-likeness (QED) is 0.849. The van der Waals surface area contributed by atoms with Crippen molar-refractivity contribution in [3.63, 3.8) is 0 Å². The monoisotopic (exact) mass is 300 g/mol. The van der Waals surface area contributed by atoms with Gasteiger partial charge in [-0.15, -0.1) is 4.72 Å². The Morgan fingerprint density at radius 3 is 2.50 bits per heavy atom. The van der Waals surface area contributed by atoms with E-state index in [9.17, 15) is 9.35 Å². The summed E-state index contributed by atoms with van der Waals surface area (Å²) in [5.41, 5.74) is 1.22. The van der Waals surface area contributed by atoms with Crippen LogP contribution in [0.25, 0.3) is 0 Å². The first-order chi connectivity index (χ1) is 9.04. The number of aromatic nitrogens is 2. The van der Waals surface area contributed by atoms with E-state index in [1.165, 1.54) is 4.90 Å². The molecule has 6 nitrogen and oxygen atoms in total. The van der Waals surface area contributed by atoms with Crippen LogP contribution in [0.1, 0.15) is 49.9 Å². The van der Waals surface area contributed by atoms with Crippen LogP contribution in [-0.4, -0.2) is 44.0 Å². The average Bonchev–Trinajstić information content (AvgIpc) is 2.68. The predicted molar refractivity (Wildman–Crippen MR) is 80.7 cm³/mol. The lowest BCUT2D eigenvalue weighted by Gasteiger charge is -2.26. The molecule has 0 fully saturated rings. The van der Waals surface area contributed by atoms with Gasteiger partial charge in [-0.3, -0.25) is 9.48 Å². The molecule has 114 valence electrons. The summed E-state index contributed by atoms with van der Waals surface area (Å²) in [6.45, 7) is 7.64. The van der Waals surface area contributed by atoms with E-state index >= 15 is 0 Å². The summed E-state index contributed by atoms with van der Waals surface area (Å²) in [7, 11) is 5.15. The average molecular weight is 300 g/mol. The van der Waals surface area contributed by atoms with Gasteiger partial charge in [0.1, 0.15) is 4.75 Å². The van der Waals surface area contributed by atoms with Crippen LogP contribution < -0.4 is 4.72 Å². The van der Waals surface area contributed by atoms with Crippen molar-refractivity contribution in [3.05, 3.63) is 17.5 Å². The van der Waals surface area contributed by atoms with Crippen LogP contribution in [0.2, 0.25) is 0 Å². The maximum atomic E-state index is 12.1. The maximum absolute atomic E-state index is 12.1. The molecular formula is C13H24N4O2S. The fourth-order valence-corrected chi connectivity index (χ4v) is 2.41. The van der Waals surface area contributed by atoms with Gasteiger partial charge in [0, 0.05) is 32.5 Å². The normalized spacial score (nSPS) is 15.0. The van der Waals surface area contributed by atoms with Gasteiger partial charge in [0.05, 0.1) is 11.7 Å². The highest BCUT2D eigenvalue weighted by molar-refractivity contribution is 7.90. The third-order valence-corrected chi connectivity index (χ3v) is 4.50. The van der Waals surface area contributed by atoms with E-state index < -0.39 is 11.4 Å². The van der Waals surface area contributed by atoms with E-state index in [-0.39, 0.29) is 16.7 Å². The number of nitrogens with one attached hydrogen (secondary N) is 1. The Bertz CT molecular complexity index is 479. The van der Waals surface area contributed by atoms with Crippen LogP contribution in [0, 0.1) is 0 Å². The van der Waals surface area contributed by atoms with Crippen LogP contribution in [0.15, 0.2) is 6.07 Å². The standard InChI is InChI=1S/C13H24N4O2S/c1-9(15-20(19)13(2,3)4)11-8-10(14-17(11)7)12(18)16(5)6/h8-9,15H,1-7H3/t9-,20?/m0/s1. The summed E-state index contributed by atoms with van der Waals surface area (Å²) >= 11 is -1.17. The number of hydrogen-bond donors (Lipinski definition) is 1. The topological polar surface area (TPSA) is 73.2 Å². The van der Waals surface area contributed by atoms with Gasteiger partial charge in [0.15, 0.2) is 5.69 Å². The summed E-state index contributed by atoms with van der Waals surface area (Å²) in [5, 5.41) is 4.21. The minimum absolute atomic E-state index is 0.143. The number of nitrogens with zero attached hydrogens (tertiary/aromatic N) is 3. The fourth-order valence-electron chi connectivity index (χ4n) is 1.62. The summed E-state index contributed by atoms with van der Waals surface area (Å²) in [5.74, 6) is -0.143. The largest absolute Gasteiger partial charge is 0.598 e. The molecule has 1 heterocycles. The molecule has 0 aliphatic rings. The number of hydrogen-bond acceptors (Lipinski definition) is 4. The summed E-state index contributed by atoms with van der Waals surface area (Å²) in [4.78, 5) is 13.4. The molecule has 2 atom stereocenters. The van der Waals surface area contributed by atoms with Crippen molar-refractivity contribution in [2.24, 2.45) is 7.05 Å². The number of aryl methyl sites for hydroxylation is 1. The summed E-state index contributed by atoms with van der Waals surface area (Å²) in [6.07, 6.45) is 0. The molecule has 0 saturated heterocycles. The van der Waals surface area contributed by atoms with Crippen LogP contribution in [0.3, 0.4) is 0 Å². The molecular weight excluding hydrogens is 276 g/mol. The van der Waals surface area contributed by atoms with Crippen LogP contribution >= 0.6 is 0 Å². The second-order valence-corrected chi connectivity index (χ2v) is 8.00. The molecule has 1 unspecified atom stereocenters. The fraction of sp³-hybridized carbons (Fsp3) is 0.692. The summed E-state index contributed by atoms with van der Waals surface area (Å²) in [6, 6.07) is 1.58. The van der Waals surface area contributed by atoms with Crippen molar-refractivity contribution >= 4 is 17.3 Å². The number of carbonyl (C=O) groups excluding carboxylic acids is 1. The van der Waals surface area contributed by atoms with Crippen molar-refractivity contribution in [1.82, 2.24) is 19.4 Å². The summed E-state index contributed by atoms with van der Waals surface area (Å²) < 4.78 is 16.5. The van der Waals surface area contributed by atoms with E-state index in [0.29, 0.717) is 5.69 Å². The highest BCUT2D eigenvalue weighted by atomic mass is 32.2. The van der Waals surface area contributed by atoms with Gasteiger partial charge < -0.3 is 9.45 Å². The molecule has 0 aliphatic carbocycles. The smallest absolute Gasteiger partial charge is 0.273 e. The Morgan fingerprint density at radius 2 is 2.05 bits per heavy atom. The Hall–Kier alpha value is -1.05. The first kappa shape index (κ1) is 17.0. The van der Waals surface area contributed by atoms with Gasteiger partial charge in [-0.25, -0.2) is 0 Å². The molecule has 0 radical (unpaired) electrons. The van der Waals surface area contributed by atoms with Gasteiger partial charge in [-0.2, -0.15) is 5.10 Å². The van der Waals surface area contributed by atoms with E-state index in [0.717, 1.165) is 5.69 Å². The number of carbonyl (C=O) groups is 1. The third-order valence-electron chi connectivity index (χ3n) is 2.82. The number of rotatable bonds is 4. The van der Waals surface area contributed by atoms with E-state index in [2.05, 4.69) is 9.82 Å². The van der Waals surface area contributed by atoms with Gasteiger partial charge in [-0.1, -0.05) is 0 Å². The molecule has 0 spiro atoms. The van der Waals surface area contributed by atoms with Crippen molar-refractivity contribution in [2.75, 3.05) is 14.1 Å². The molecule has 1 aromatic heterocycles. The minimum atomic E-state index is -1.17. The molecule has 7 heteroatoms. The van der Waals surface area contributed by atoms with Crippen molar-refractivity contribution in [2.45, 2.75) is 38.5 Å². The Morgan fingerprint density at radius 1 is 1.50 bits per heavy atom. The lowest BCUT2D eigenvalue weighted by atomic mass is 10.2. The molecule has 0 aliphatic heterocycles. The third kappa shape index (κ3) is 3.97. The maximum Gasteiger partial charge on any atom is 0.273 e. The van der Waals surface area contributed by atoms with E-state index in [1.54, 1.807) is 31.9 Å². The zero-order valence-corrected chi connectivity index (χ0v) is 14.0. The highest BCUT2D eigenvalue weighted by Crippen LogP contribution is 2.20. The molecule has 1 N–H and O–H groups in total. The van der Waals surface area contributed by atoms with Crippen molar-refractivity contribution in [3.8, 4) is 0 Å². The Kier molecular flexibility index (Phi) is 5.23. The SMILES string of the molecule is C[C@H](N[S+]([O-])C(C)(C)C)c1cc(C(=O)N(C)C)nn1C. The minimum Gasteiger partial charge on any atom is -0.598 e. The molecule has 1 aromatic rings.